The number of halogens is 2. The van der Waals surface area contributed by atoms with Crippen LogP contribution in [0.1, 0.15) is 40.0 Å². The minimum absolute atomic E-state index is 0.00382. The van der Waals surface area contributed by atoms with Crippen molar-refractivity contribution in [2.45, 2.75) is 52.7 Å². The first kappa shape index (κ1) is 25.2. The molecule has 2 heterocycles. The summed E-state index contributed by atoms with van der Waals surface area (Å²) in [6.07, 6.45) is 3.53. The normalized spacial score (nSPS) is 23.5. The molecule has 0 spiro atoms. The van der Waals surface area contributed by atoms with Crippen LogP contribution in [-0.4, -0.2) is 39.7 Å². The molecule has 1 aromatic heterocycles. The number of hydrogen-bond donors (Lipinski definition) is 1. The number of amides is 1. The second kappa shape index (κ2) is 9.47. The van der Waals surface area contributed by atoms with E-state index < -0.39 is 5.91 Å². The van der Waals surface area contributed by atoms with E-state index in [0.29, 0.717) is 28.9 Å². The Kier molecular flexibility index (Phi) is 6.64. The summed E-state index contributed by atoms with van der Waals surface area (Å²) in [6.45, 7) is 8.37. The SMILES string of the molecule is CC1(C)C[C@@H]2C[C@@](C)(CN2Cn2c(O)c(N=NC(=O)COc3ccc(Cl)cc3)c3cc(Br)ccc32)C1. The van der Waals surface area contributed by atoms with E-state index in [4.69, 9.17) is 16.3 Å². The standard InChI is InChI=1S/C27H30BrClN4O3/c1-26(2)11-19-12-27(3,14-26)15-32(19)16-33-22-9-4-17(28)10-21(22)24(25(33)35)31-30-23(34)13-36-20-7-5-18(29)6-8-20/h4-10,19,35H,11-16H2,1-3H3/t19-,27-/m1/s1. The lowest BCUT2D eigenvalue weighted by Gasteiger charge is -2.40. The van der Waals surface area contributed by atoms with Crippen LogP contribution >= 0.6 is 27.5 Å². The van der Waals surface area contributed by atoms with Gasteiger partial charge in [-0.15, -0.1) is 10.2 Å². The molecular formula is C27H30BrClN4O3. The minimum atomic E-state index is -0.552. The Bertz CT molecular complexity index is 1340. The summed E-state index contributed by atoms with van der Waals surface area (Å²) in [5.41, 5.74) is 1.72. The van der Waals surface area contributed by atoms with Crippen molar-refractivity contribution in [2.24, 2.45) is 21.1 Å². The number of likely N-dealkylation sites (tertiary alicyclic amines) is 1. The number of carbonyl (C=O) groups excluding carboxylic acids is 1. The summed E-state index contributed by atoms with van der Waals surface area (Å²) in [4.78, 5) is 14.8. The third kappa shape index (κ3) is 5.17. The quantitative estimate of drug-likeness (QED) is 0.314. The zero-order valence-electron chi connectivity index (χ0n) is 20.7. The third-order valence-corrected chi connectivity index (χ3v) is 8.00. The molecule has 2 aromatic carbocycles. The maximum absolute atomic E-state index is 12.4. The average molecular weight is 574 g/mol. The number of benzene rings is 2. The highest BCUT2D eigenvalue weighted by atomic mass is 79.9. The van der Waals surface area contributed by atoms with Gasteiger partial charge in [0.2, 0.25) is 5.88 Å². The fraction of sp³-hybridized carbons (Fsp3) is 0.444. The van der Waals surface area contributed by atoms with Crippen molar-refractivity contribution in [1.82, 2.24) is 9.47 Å². The minimum Gasteiger partial charge on any atom is -0.493 e. The summed E-state index contributed by atoms with van der Waals surface area (Å²) >= 11 is 9.39. The number of nitrogens with zero attached hydrogens (tertiary/aromatic N) is 4. The molecule has 190 valence electrons. The van der Waals surface area contributed by atoms with Gasteiger partial charge in [0.1, 0.15) is 5.75 Å². The summed E-state index contributed by atoms with van der Waals surface area (Å²) in [7, 11) is 0. The van der Waals surface area contributed by atoms with E-state index in [0.717, 1.165) is 28.3 Å². The monoisotopic (exact) mass is 572 g/mol. The Morgan fingerprint density at radius 3 is 2.69 bits per heavy atom. The molecule has 1 saturated heterocycles. The maximum atomic E-state index is 12.4. The number of azo groups is 1. The second-order valence-electron chi connectivity index (χ2n) is 11.2. The fourth-order valence-electron chi connectivity index (χ4n) is 6.27. The van der Waals surface area contributed by atoms with Crippen molar-refractivity contribution in [3.8, 4) is 11.6 Å². The van der Waals surface area contributed by atoms with E-state index in [2.05, 4.69) is 51.8 Å². The molecule has 2 bridgehead atoms. The Morgan fingerprint density at radius 1 is 1.19 bits per heavy atom. The Hall–Kier alpha value is -2.42. The summed E-state index contributed by atoms with van der Waals surface area (Å²) in [6, 6.07) is 13.0. The molecule has 0 radical (unpaired) electrons. The Labute approximate surface area is 224 Å². The van der Waals surface area contributed by atoms with E-state index in [9.17, 15) is 9.90 Å². The van der Waals surface area contributed by atoms with Crippen LogP contribution in [-0.2, 0) is 11.5 Å². The van der Waals surface area contributed by atoms with Gasteiger partial charge in [0.25, 0.3) is 0 Å². The van der Waals surface area contributed by atoms with Crippen LogP contribution in [0, 0.1) is 10.8 Å². The van der Waals surface area contributed by atoms with Gasteiger partial charge in [0.15, 0.2) is 12.3 Å². The molecule has 2 atom stereocenters. The van der Waals surface area contributed by atoms with Crippen LogP contribution in [0.15, 0.2) is 57.2 Å². The molecule has 1 saturated carbocycles. The van der Waals surface area contributed by atoms with Crippen LogP contribution in [0.4, 0.5) is 5.69 Å². The first-order chi connectivity index (χ1) is 17.0. The number of rotatable bonds is 6. The highest BCUT2D eigenvalue weighted by molar-refractivity contribution is 9.10. The van der Waals surface area contributed by atoms with Crippen molar-refractivity contribution < 1.29 is 14.6 Å². The average Bonchev–Trinajstić information content (AvgIpc) is 3.19. The lowest BCUT2D eigenvalue weighted by Crippen LogP contribution is -2.35. The van der Waals surface area contributed by atoms with Crippen molar-refractivity contribution in [3.63, 3.8) is 0 Å². The summed E-state index contributed by atoms with van der Waals surface area (Å²) in [5, 5.41) is 20.5. The van der Waals surface area contributed by atoms with E-state index in [-0.39, 0.29) is 23.6 Å². The largest absolute Gasteiger partial charge is 0.493 e. The van der Waals surface area contributed by atoms with Gasteiger partial charge in [0.05, 0.1) is 12.2 Å². The topological polar surface area (TPSA) is 79.4 Å². The van der Waals surface area contributed by atoms with Gasteiger partial charge < -0.3 is 9.84 Å². The molecule has 0 unspecified atom stereocenters. The van der Waals surface area contributed by atoms with Gasteiger partial charge in [-0.3, -0.25) is 14.3 Å². The predicted molar refractivity (Wildman–Crippen MR) is 144 cm³/mol. The van der Waals surface area contributed by atoms with Gasteiger partial charge in [0, 0.05) is 27.5 Å². The molecule has 36 heavy (non-hydrogen) atoms. The van der Waals surface area contributed by atoms with Crippen LogP contribution in [0.5, 0.6) is 11.6 Å². The number of ether oxygens (including phenoxy) is 1. The number of hydrogen-bond acceptors (Lipinski definition) is 5. The van der Waals surface area contributed by atoms with Crippen LogP contribution in [0.2, 0.25) is 5.02 Å². The van der Waals surface area contributed by atoms with Crippen LogP contribution < -0.4 is 4.74 Å². The summed E-state index contributed by atoms with van der Waals surface area (Å²) < 4.78 is 8.20. The van der Waals surface area contributed by atoms with E-state index in [1.807, 2.05) is 22.8 Å². The molecule has 3 aromatic rings. The molecule has 2 aliphatic rings. The highest BCUT2D eigenvalue weighted by Gasteiger charge is 2.49. The Balaban J connectivity index is 1.38. The third-order valence-electron chi connectivity index (χ3n) is 7.26. The van der Waals surface area contributed by atoms with Gasteiger partial charge in [-0.1, -0.05) is 48.3 Å². The van der Waals surface area contributed by atoms with E-state index >= 15 is 0 Å². The first-order valence-corrected chi connectivity index (χ1v) is 13.3. The first-order valence-electron chi connectivity index (χ1n) is 12.1. The summed E-state index contributed by atoms with van der Waals surface area (Å²) in [5.74, 6) is -0.0353. The Morgan fingerprint density at radius 2 is 1.94 bits per heavy atom. The molecule has 2 fully saturated rings. The van der Waals surface area contributed by atoms with Crippen molar-refractivity contribution in [1.29, 1.82) is 0 Å². The molecule has 1 N–H and O–H groups in total. The number of aromatic hydroxyl groups is 1. The van der Waals surface area contributed by atoms with Gasteiger partial charge >= 0.3 is 5.91 Å². The van der Waals surface area contributed by atoms with Crippen molar-refractivity contribution >= 4 is 50.0 Å². The van der Waals surface area contributed by atoms with E-state index in [1.165, 1.54) is 12.8 Å². The molecule has 1 aliphatic heterocycles. The number of fused-ring (bicyclic) bond motifs is 3. The number of carbonyl (C=O) groups is 1. The predicted octanol–water partition coefficient (Wildman–Crippen LogP) is 7.31. The fourth-order valence-corrected chi connectivity index (χ4v) is 6.76. The van der Waals surface area contributed by atoms with Crippen molar-refractivity contribution in [3.05, 3.63) is 52.0 Å². The zero-order valence-corrected chi connectivity index (χ0v) is 23.0. The lowest BCUT2D eigenvalue weighted by molar-refractivity contribution is -0.120. The molecule has 1 aliphatic carbocycles. The molecular weight excluding hydrogens is 544 g/mol. The second-order valence-corrected chi connectivity index (χ2v) is 12.6. The van der Waals surface area contributed by atoms with Crippen LogP contribution in [0.25, 0.3) is 10.9 Å². The molecule has 7 nitrogen and oxygen atoms in total. The van der Waals surface area contributed by atoms with E-state index in [1.54, 1.807) is 24.3 Å². The number of aromatic nitrogens is 1. The van der Waals surface area contributed by atoms with Gasteiger partial charge in [-0.25, -0.2) is 0 Å². The van der Waals surface area contributed by atoms with Crippen molar-refractivity contribution in [2.75, 3.05) is 13.2 Å². The van der Waals surface area contributed by atoms with Gasteiger partial charge in [-0.2, -0.15) is 0 Å². The van der Waals surface area contributed by atoms with Gasteiger partial charge in [-0.05, 0) is 72.6 Å². The molecule has 1 amide bonds. The smallest absolute Gasteiger partial charge is 0.302 e. The zero-order chi connectivity index (χ0) is 25.7. The molecule has 9 heteroatoms. The lowest BCUT2D eigenvalue weighted by atomic mass is 9.65. The van der Waals surface area contributed by atoms with Crippen LogP contribution in [0.3, 0.4) is 0 Å². The molecule has 5 rings (SSSR count). The maximum Gasteiger partial charge on any atom is 0.302 e. The highest BCUT2D eigenvalue weighted by Crippen LogP contribution is 2.53.